The molecule has 2 aliphatic heterocycles. The third-order valence-electron chi connectivity index (χ3n) is 8.42. The first-order chi connectivity index (χ1) is 18.8. The number of aromatic nitrogens is 4. The van der Waals surface area contributed by atoms with Gasteiger partial charge >= 0.3 is 0 Å². The molecule has 0 bridgehead atoms. The summed E-state index contributed by atoms with van der Waals surface area (Å²) < 4.78 is 20.6. The molecule has 0 saturated carbocycles. The second kappa shape index (κ2) is 10.1. The summed E-state index contributed by atoms with van der Waals surface area (Å²) in [5.74, 6) is 1.89. The average Bonchev–Trinajstić information content (AvgIpc) is 3.68. The van der Waals surface area contributed by atoms with Crippen LogP contribution in [0.3, 0.4) is 0 Å². The summed E-state index contributed by atoms with van der Waals surface area (Å²) in [6.07, 6.45) is 9.81. The minimum Gasteiger partial charge on any atom is -0.494 e. The highest BCUT2D eigenvalue weighted by Gasteiger charge is 2.38. The van der Waals surface area contributed by atoms with Gasteiger partial charge in [0.25, 0.3) is 0 Å². The van der Waals surface area contributed by atoms with Crippen molar-refractivity contribution in [2.45, 2.75) is 59.7 Å². The van der Waals surface area contributed by atoms with Gasteiger partial charge in [-0.3, -0.25) is 4.99 Å². The number of fused-ring (bicyclic) bond motifs is 1. The summed E-state index contributed by atoms with van der Waals surface area (Å²) in [6.45, 7) is 10.5. The molecule has 8 heteroatoms. The average molecular weight is 527 g/mol. The maximum Gasteiger partial charge on any atom is 0.188 e. The molecule has 39 heavy (non-hydrogen) atoms. The van der Waals surface area contributed by atoms with E-state index in [4.69, 9.17) is 14.7 Å². The SMILES string of the molecule is CCOc1ccc(C2=C(C)N=C(C3(C)CCN(c4ncnc5c4C=C(c4cnn(C(C)F)c4)C5)CC3)C2)cc1. The Kier molecular flexibility index (Phi) is 6.57. The number of nitrogens with zero attached hydrogens (tertiary/aromatic N) is 6. The first-order valence-corrected chi connectivity index (χ1v) is 13.8. The Morgan fingerprint density at radius 3 is 2.54 bits per heavy atom. The smallest absolute Gasteiger partial charge is 0.188 e. The van der Waals surface area contributed by atoms with E-state index < -0.39 is 6.30 Å². The number of ether oxygens (including phenoxy) is 1. The summed E-state index contributed by atoms with van der Waals surface area (Å²) in [7, 11) is 0. The highest BCUT2D eigenvalue weighted by Crippen LogP contribution is 2.43. The predicted molar refractivity (Wildman–Crippen MR) is 153 cm³/mol. The fourth-order valence-electron chi connectivity index (χ4n) is 5.94. The van der Waals surface area contributed by atoms with Crippen molar-refractivity contribution >= 4 is 28.8 Å². The molecular weight excluding hydrogens is 491 g/mol. The number of piperidine rings is 1. The lowest BCUT2D eigenvalue weighted by Crippen LogP contribution is -2.43. The Bertz CT molecular complexity index is 1470. The molecule has 7 nitrogen and oxygen atoms in total. The lowest BCUT2D eigenvalue weighted by Gasteiger charge is -2.40. The molecule has 2 aromatic heterocycles. The van der Waals surface area contributed by atoms with Crippen LogP contribution in [0, 0.1) is 5.41 Å². The van der Waals surface area contributed by atoms with Crippen LogP contribution in [0.15, 0.2) is 53.7 Å². The highest BCUT2D eigenvalue weighted by atomic mass is 19.1. The molecule has 4 heterocycles. The van der Waals surface area contributed by atoms with Crippen LogP contribution in [-0.4, -0.2) is 45.2 Å². The molecule has 1 aliphatic carbocycles. The molecule has 1 saturated heterocycles. The third kappa shape index (κ3) is 4.77. The molecule has 202 valence electrons. The molecule has 1 fully saturated rings. The van der Waals surface area contributed by atoms with Gasteiger partial charge in [0.05, 0.1) is 18.5 Å². The van der Waals surface area contributed by atoms with Gasteiger partial charge in [-0.25, -0.2) is 19.0 Å². The fourth-order valence-corrected chi connectivity index (χ4v) is 5.94. The van der Waals surface area contributed by atoms with Crippen molar-refractivity contribution in [1.82, 2.24) is 19.7 Å². The largest absolute Gasteiger partial charge is 0.494 e. The van der Waals surface area contributed by atoms with E-state index in [1.54, 1.807) is 18.7 Å². The normalized spacial score (nSPS) is 19.2. The molecule has 0 radical (unpaired) electrons. The van der Waals surface area contributed by atoms with Gasteiger partial charge in [0.1, 0.15) is 17.9 Å². The number of anilines is 1. The van der Waals surface area contributed by atoms with Gasteiger partial charge in [-0.1, -0.05) is 19.1 Å². The Morgan fingerprint density at radius 2 is 1.85 bits per heavy atom. The van der Waals surface area contributed by atoms with Gasteiger partial charge in [0.2, 0.25) is 0 Å². The standard InChI is InChI=1S/C31H35FN6O/c1-5-39-25-8-6-22(7-9-25)26-16-29(36-20(26)2)31(4)10-12-37(13-11-31)30-27-14-23(15-28(27)33-19-34-30)24-17-35-38(18-24)21(3)32/h6-9,14,17-19,21H,5,10-13,15-16H2,1-4H3. The van der Waals surface area contributed by atoms with Crippen molar-refractivity contribution in [3.63, 3.8) is 0 Å². The van der Waals surface area contributed by atoms with E-state index >= 15 is 0 Å². The van der Waals surface area contributed by atoms with Gasteiger partial charge < -0.3 is 9.64 Å². The van der Waals surface area contributed by atoms with Crippen LogP contribution in [0.25, 0.3) is 17.2 Å². The van der Waals surface area contributed by atoms with E-state index in [-0.39, 0.29) is 5.41 Å². The van der Waals surface area contributed by atoms with Crippen LogP contribution in [0.1, 0.15) is 75.6 Å². The van der Waals surface area contributed by atoms with Gasteiger partial charge in [-0.2, -0.15) is 5.10 Å². The van der Waals surface area contributed by atoms with Gasteiger partial charge in [-0.15, -0.1) is 0 Å². The lowest BCUT2D eigenvalue weighted by atomic mass is 9.74. The van der Waals surface area contributed by atoms with Gasteiger partial charge in [0, 0.05) is 60.1 Å². The maximum absolute atomic E-state index is 13.7. The number of hydrogen-bond donors (Lipinski definition) is 0. The summed E-state index contributed by atoms with van der Waals surface area (Å²) in [4.78, 5) is 16.7. The summed E-state index contributed by atoms with van der Waals surface area (Å²) in [5.41, 5.74) is 9.13. The van der Waals surface area contributed by atoms with Crippen molar-refractivity contribution in [3.8, 4) is 5.75 Å². The molecule has 0 amide bonds. The molecule has 0 spiro atoms. The van der Waals surface area contributed by atoms with E-state index in [0.717, 1.165) is 72.0 Å². The number of allylic oxidation sites excluding steroid dienone is 3. The fraction of sp³-hybridized carbons (Fsp3) is 0.419. The Balaban J connectivity index is 1.15. The highest BCUT2D eigenvalue weighted by molar-refractivity contribution is 6.03. The zero-order chi connectivity index (χ0) is 27.1. The van der Waals surface area contributed by atoms with Crippen LogP contribution >= 0.6 is 0 Å². The number of benzene rings is 1. The zero-order valence-corrected chi connectivity index (χ0v) is 23.1. The van der Waals surface area contributed by atoms with E-state index in [0.29, 0.717) is 13.0 Å². The first kappa shape index (κ1) is 25.5. The number of hydrogen-bond acceptors (Lipinski definition) is 6. The molecule has 1 aromatic carbocycles. The molecule has 1 atom stereocenters. The topological polar surface area (TPSA) is 68.4 Å². The first-order valence-electron chi connectivity index (χ1n) is 13.8. The van der Waals surface area contributed by atoms with Crippen LogP contribution in [0.4, 0.5) is 10.2 Å². The summed E-state index contributed by atoms with van der Waals surface area (Å²) in [6, 6.07) is 8.39. The van der Waals surface area contributed by atoms with Gasteiger partial charge in [0.15, 0.2) is 6.30 Å². The minimum absolute atomic E-state index is 0.0552. The quantitative estimate of drug-likeness (QED) is 0.350. The minimum atomic E-state index is -1.15. The van der Waals surface area contributed by atoms with Crippen molar-refractivity contribution in [3.05, 3.63) is 71.1 Å². The number of alkyl halides is 1. The zero-order valence-electron chi connectivity index (χ0n) is 23.1. The summed E-state index contributed by atoms with van der Waals surface area (Å²) >= 11 is 0. The van der Waals surface area contributed by atoms with Crippen molar-refractivity contribution in [2.75, 3.05) is 24.6 Å². The number of aliphatic imine (C=N–C) groups is 1. The van der Waals surface area contributed by atoms with Crippen molar-refractivity contribution in [1.29, 1.82) is 0 Å². The molecule has 6 rings (SSSR count). The van der Waals surface area contributed by atoms with Gasteiger partial charge in [-0.05, 0) is 68.5 Å². The van der Waals surface area contributed by atoms with Crippen LogP contribution < -0.4 is 9.64 Å². The van der Waals surface area contributed by atoms with E-state index in [9.17, 15) is 4.39 Å². The van der Waals surface area contributed by atoms with E-state index in [1.807, 2.05) is 19.1 Å². The molecule has 1 unspecified atom stereocenters. The predicted octanol–water partition coefficient (Wildman–Crippen LogP) is 6.54. The lowest BCUT2D eigenvalue weighted by molar-refractivity contribution is 0.245. The number of rotatable bonds is 7. The summed E-state index contributed by atoms with van der Waals surface area (Å²) in [5, 5.41) is 4.16. The Labute approximate surface area is 229 Å². The molecular formula is C31H35FN6O. The van der Waals surface area contributed by atoms with E-state index in [1.165, 1.54) is 28.5 Å². The van der Waals surface area contributed by atoms with Crippen molar-refractivity contribution < 1.29 is 9.13 Å². The Morgan fingerprint density at radius 1 is 1.08 bits per heavy atom. The van der Waals surface area contributed by atoms with Crippen LogP contribution in [0.2, 0.25) is 0 Å². The van der Waals surface area contributed by atoms with Crippen LogP contribution in [0.5, 0.6) is 5.75 Å². The second-order valence-electron chi connectivity index (χ2n) is 11.0. The Hall–Kier alpha value is -3.81. The second-order valence-corrected chi connectivity index (χ2v) is 11.0. The molecule has 3 aliphatic rings. The van der Waals surface area contributed by atoms with E-state index in [2.05, 4.69) is 47.0 Å². The third-order valence-corrected chi connectivity index (χ3v) is 8.42. The van der Waals surface area contributed by atoms with Crippen LogP contribution in [-0.2, 0) is 6.42 Å². The maximum atomic E-state index is 13.7. The number of halogens is 1. The molecule has 3 aromatic rings. The molecule has 0 N–H and O–H groups in total. The van der Waals surface area contributed by atoms with Crippen molar-refractivity contribution in [2.24, 2.45) is 10.4 Å². The monoisotopic (exact) mass is 526 g/mol.